The molecule has 1 aromatic carbocycles. The molecule has 0 unspecified atom stereocenters. The van der Waals surface area contributed by atoms with Crippen LogP contribution in [-0.2, 0) is 22.4 Å². The number of carbonyl (C=O) groups is 1. The monoisotopic (exact) mass is 513 g/mol. The second-order valence-electron chi connectivity index (χ2n) is 10.4. The van der Waals surface area contributed by atoms with E-state index in [1.807, 2.05) is 6.07 Å². The molecule has 1 aliphatic rings. The zero-order valence-corrected chi connectivity index (χ0v) is 22.8. The van der Waals surface area contributed by atoms with E-state index >= 15 is 0 Å². The largest absolute Gasteiger partial charge is 0.488 e. The smallest absolute Gasteiger partial charge is 0.165 e. The van der Waals surface area contributed by atoms with Gasteiger partial charge in [0, 0.05) is 31.3 Å². The number of Topliss-reactive ketones (excluding diaryl/α,β-unsaturated/α-hetero) is 1. The lowest BCUT2D eigenvalue weighted by Gasteiger charge is -2.19. The quantitative estimate of drug-likeness (QED) is 0.251. The first kappa shape index (κ1) is 29.1. The molecule has 2 heterocycles. The number of unbranched alkanes of at least 4 members (excludes halogenated alkanes) is 2. The Hall–Kier alpha value is -2.51. The number of nitrogens with zero attached hydrogens (tertiary/aromatic N) is 1. The summed E-state index contributed by atoms with van der Waals surface area (Å²) in [6, 6.07) is 9.10. The number of benzene rings is 1. The minimum absolute atomic E-state index is 0.0730. The summed E-state index contributed by atoms with van der Waals surface area (Å²) in [6.07, 6.45) is 7.67. The van der Waals surface area contributed by atoms with Crippen LogP contribution in [0.5, 0.6) is 5.75 Å². The SMILES string of the molecule is CC(=O)C[C@H](NCCCCCc1ccc2c(n1)NCCC2)c1ccc(OCCOCCC(C)C)c(F)c1. The molecule has 0 fully saturated rings. The number of aromatic nitrogens is 1. The van der Waals surface area contributed by atoms with Crippen LogP contribution in [-0.4, -0.2) is 43.7 Å². The van der Waals surface area contributed by atoms with Gasteiger partial charge in [-0.3, -0.25) is 4.79 Å². The first-order valence-corrected chi connectivity index (χ1v) is 13.9. The fraction of sp³-hybridized carbons (Fsp3) is 0.600. The summed E-state index contributed by atoms with van der Waals surface area (Å²) >= 11 is 0. The van der Waals surface area contributed by atoms with Crippen LogP contribution in [0.4, 0.5) is 10.2 Å². The average molecular weight is 514 g/mol. The summed E-state index contributed by atoms with van der Waals surface area (Å²) in [6.45, 7) is 9.07. The molecular formula is C30H44FN3O3. The van der Waals surface area contributed by atoms with Crippen molar-refractivity contribution in [3.8, 4) is 5.75 Å². The Bertz CT molecular complexity index is 983. The van der Waals surface area contributed by atoms with Gasteiger partial charge in [0.2, 0.25) is 0 Å². The molecule has 37 heavy (non-hydrogen) atoms. The Balaban J connectivity index is 1.40. The zero-order chi connectivity index (χ0) is 26.5. The van der Waals surface area contributed by atoms with Crippen molar-refractivity contribution in [3.05, 3.63) is 53.0 Å². The Kier molecular flexibility index (Phi) is 12.3. The highest BCUT2D eigenvalue weighted by molar-refractivity contribution is 5.76. The number of ketones is 1. The molecule has 7 heteroatoms. The van der Waals surface area contributed by atoms with E-state index in [1.165, 1.54) is 18.1 Å². The Morgan fingerprint density at radius 3 is 2.78 bits per heavy atom. The standard InChI is InChI=1S/C30H44FN3O3/c1-22(2)14-17-36-18-19-37-29-13-11-25(21-27(29)31)28(20-23(3)35)32-15-6-4-5-9-26-12-10-24-8-7-16-33-30(24)34-26/h10-13,21-22,28,32H,4-9,14-20H2,1-3H3,(H,33,34)/t28-/m0/s1. The highest BCUT2D eigenvalue weighted by Gasteiger charge is 2.16. The molecule has 0 saturated carbocycles. The summed E-state index contributed by atoms with van der Waals surface area (Å²) in [7, 11) is 0. The second kappa shape index (κ2) is 15.7. The number of hydrogen-bond acceptors (Lipinski definition) is 6. The van der Waals surface area contributed by atoms with Gasteiger partial charge < -0.3 is 20.1 Å². The summed E-state index contributed by atoms with van der Waals surface area (Å²) in [5.74, 6) is 1.52. The highest BCUT2D eigenvalue weighted by atomic mass is 19.1. The van der Waals surface area contributed by atoms with Crippen molar-refractivity contribution >= 4 is 11.6 Å². The molecule has 1 aromatic heterocycles. The number of nitrogens with one attached hydrogen (secondary N) is 2. The molecular weight excluding hydrogens is 469 g/mol. The third-order valence-electron chi connectivity index (χ3n) is 6.63. The number of carbonyl (C=O) groups excluding carboxylic acids is 1. The predicted octanol–water partition coefficient (Wildman–Crippen LogP) is 6.04. The summed E-state index contributed by atoms with van der Waals surface area (Å²) in [5.41, 5.74) is 3.22. The third-order valence-corrected chi connectivity index (χ3v) is 6.63. The lowest BCUT2D eigenvalue weighted by Crippen LogP contribution is -2.24. The van der Waals surface area contributed by atoms with Crippen LogP contribution in [0.25, 0.3) is 0 Å². The Morgan fingerprint density at radius 1 is 1.14 bits per heavy atom. The van der Waals surface area contributed by atoms with Gasteiger partial charge in [-0.1, -0.05) is 32.4 Å². The van der Waals surface area contributed by atoms with Crippen LogP contribution < -0.4 is 15.4 Å². The first-order valence-electron chi connectivity index (χ1n) is 13.9. The van der Waals surface area contributed by atoms with Crippen LogP contribution in [0.2, 0.25) is 0 Å². The molecule has 6 nitrogen and oxygen atoms in total. The van der Waals surface area contributed by atoms with E-state index in [0.717, 1.165) is 68.7 Å². The number of anilines is 1. The van der Waals surface area contributed by atoms with E-state index in [-0.39, 0.29) is 17.6 Å². The minimum atomic E-state index is -0.415. The van der Waals surface area contributed by atoms with Gasteiger partial charge in [0.25, 0.3) is 0 Å². The number of pyridine rings is 1. The molecule has 0 amide bonds. The molecule has 1 aliphatic heterocycles. The van der Waals surface area contributed by atoms with Gasteiger partial charge in [-0.25, -0.2) is 9.37 Å². The van der Waals surface area contributed by atoms with Crippen LogP contribution in [0.3, 0.4) is 0 Å². The van der Waals surface area contributed by atoms with Gasteiger partial charge in [-0.15, -0.1) is 0 Å². The number of halogens is 1. The Morgan fingerprint density at radius 2 is 2.00 bits per heavy atom. The number of fused-ring (bicyclic) bond motifs is 1. The van der Waals surface area contributed by atoms with Gasteiger partial charge in [0.1, 0.15) is 18.2 Å². The summed E-state index contributed by atoms with van der Waals surface area (Å²) < 4.78 is 25.8. The first-order chi connectivity index (χ1) is 17.9. The maximum atomic E-state index is 14.7. The number of rotatable bonds is 17. The van der Waals surface area contributed by atoms with Crippen molar-refractivity contribution in [2.45, 2.75) is 78.2 Å². The van der Waals surface area contributed by atoms with E-state index in [0.29, 0.717) is 32.2 Å². The van der Waals surface area contributed by atoms with E-state index in [1.54, 1.807) is 13.0 Å². The molecule has 0 bridgehead atoms. The highest BCUT2D eigenvalue weighted by Crippen LogP contribution is 2.25. The number of ether oxygens (including phenoxy) is 2. The lowest BCUT2D eigenvalue weighted by molar-refractivity contribution is -0.117. The van der Waals surface area contributed by atoms with E-state index in [9.17, 15) is 9.18 Å². The minimum Gasteiger partial charge on any atom is -0.488 e. The molecule has 0 spiro atoms. The molecule has 2 aromatic rings. The number of hydrogen-bond donors (Lipinski definition) is 2. The van der Waals surface area contributed by atoms with Crippen LogP contribution >= 0.6 is 0 Å². The second-order valence-corrected chi connectivity index (χ2v) is 10.4. The molecule has 204 valence electrons. The maximum absolute atomic E-state index is 14.7. The van der Waals surface area contributed by atoms with Crippen molar-refractivity contribution in [1.82, 2.24) is 10.3 Å². The van der Waals surface area contributed by atoms with Crippen molar-refractivity contribution < 1.29 is 18.7 Å². The topological polar surface area (TPSA) is 72.5 Å². The van der Waals surface area contributed by atoms with E-state index < -0.39 is 5.82 Å². The fourth-order valence-electron chi connectivity index (χ4n) is 4.47. The maximum Gasteiger partial charge on any atom is 0.165 e. The molecule has 0 aliphatic carbocycles. The third kappa shape index (κ3) is 10.4. The van der Waals surface area contributed by atoms with Gasteiger partial charge in [-0.05, 0) is 87.2 Å². The van der Waals surface area contributed by atoms with Crippen molar-refractivity contribution in [2.75, 3.05) is 38.2 Å². The van der Waals surface area contributed by atoms with Crippen molar-refractivity contribution in [1.29, 1.82) is 0 Å². The van der Waals surface area contributed by atoms with Crippen LogP contribution in [0, 0.1) is 11.7 Å². The fourth-order valence-corrected chi connectivity index (χ4v) is 4.47. The average Bonchev–Trinajstić information content (AvgIpc) is 2.87. The van der Waals surface area contributed by atoms with Crippen LogP contribution in [0.15, 0.2) is 30.3 Å². The molecule has 2 N–H and O–H groups in total. The molecule has 0 radical (unpaired) electrons. The lowest BCUT2D eigenvalue weighted by atomic mass is 10.0. The molecule has 0 saturated heterocycles. The van der Waals surface area contributed by atoms with Crippen molar-refractivity contribution in [3.63, 3.8) is 0 Å². The Labute approximate surface area is 221 Å². The summed E-state index contributed by atoms with van der Waals surface area (Å²) in [5, 5.41) is 6.85. The van der Waals surface area contributed by atoms with Gasteiger partial charge in [-0.2, -0.15) is 0 Å². The number of aryl methyl sites for hydroxylation is 2. The van der Waals surface area contributed by atoms with E-state index in [4.69, 9.17) is 14.5 Å². The van der Waals surface area contributed by atoms with Gasteiger partial charge in [0.05, 0.1) is 6.61 Å². The zero-order valence-electron chi connectivity index (χ0n) is 22.8. The van der Waals surface area contributed by atoms with Gasteiger partial charge in [0.15, 0.2) is 11.6 Å². The van der Waals surface area contributed by atoms with E-state index in [2.05, 4.69) is 36.6 Å². The molecule has 1 atom stereocenters. The molecule has 3 rings (SSSR count). The van der Waals surface area contributed by atoms with Crippen molar-refractivity contribution in [2.24, 2.45) is 5.92 Å². The normalized spacial score (nSPS) is 13.8. The van der Waals surface area contributed by atoms with Gasteiger partial charge >= 0.3 is 0 Å². The summed E-state index contributed by atoms with van der Waals surface area (Å²) in [4.78, 5) is 16.6. The van der Waals surface area contributed by atoms with Crippen LogP contribution in [0.1, 0.15) is 82.2 Å². The predicted molar refractivity (Wildman–Crippen MR) is 147 cm³/mol.